The Morgan fingerprint density at radius 1 is 0.564 bits per heavy atom. The van der Waals surface area contributed by atoms with Gasteiger partial charge < -0.3 is 34.5 Å². The molecule has 2 N–H and O–H groups in total. The third kappa shape index (κ3) is 18.6. The van der Waals surface area contributed by atoms with Gasteiger partial charge in [0.2, 0.25) is 11.8 Å². The zero-order valence-corrected chi connectivity index (χ0v) is 34.5. The molecule has 4 rings (SSSR count). The third-order valence-corrected chi connectivity index (χ3v) is 11.8. The van der Waals surface area contributed by atoms with Crippen molar-refractivity contribution in [3.63, 3.8) is 0 Å². The van der Waals surface area contributed by atoms with Gasteiger partial charge in [0.15, 0.2) is 0 Å². The van der Waals surface area contributed by atoms with Crippen molar-refractivity contribution in [1.29, 1.82) is 0 Å². The zero-order valence-electron chi connectivity index (χ0n) is 34.5. The fourth-order valence-corrected chi connectivity index (χ4v) is 8.15. The van der Waals surface area contributed by atoms with Gasteiger partial charge >= 0.3 is 0 Å². The molecule has 0 unspecified atom stereocenters. The number of piperidine rings is 2. The molecule has 0 aromatic heterocycles. The predicted molar refractivity (Wildman–Crippen MR) is 224 cm³/mol. The SMILES string of the molecule is CN(CCCCCCCCCN1CCC(OC2CCN(CCCCCCCCCN(C)C(=O)Cc3cccc(O)c3)CC2)CC1)C(=O)Cc1cccc(O)c1. The number of carbonyl (C=O) groups excluding carboxylic acids is 2. The maximum atomic E-state index is 12.5. The molecule has 2 aromatic carbocycles. The highest BCUT2D eigenvalue weighted by atomic mass is 16.5. The Balaban J connectivity index is 0.887. The maximum Gasteiger partial charge on any atom is 0.226 e. The van der Waals surface area contributed by atoms with Gasteiger partial charge in [-0.1, -0.05) is 88.5 Å². The van der Waals surface area contributed by atoms with Crippen LogP contribution in [0.25, 0.3) is 0 Å². The lowest BCUT2D eigenvalue weighted by molar-refractivity contribution is -0.130. The van der Waals surface area contributed by atoms with Crippen LogP contribution in [0.2, 0.25) is 0 Å². The van der Waals surface area contributed by atoms with Crippen LogP contribution in [0.3, 0.4) is 0 Å². The summed E-state index contributed by atoms with van der Waals surface area (Å²) in [5.41, 5.74) is 1.72. The summed E-state index contributed by atoms with van der Waals surface area (Å²) in [5.74, 6) is 0.648. The van der Waals surface area contributed by atoms with Gasteiger partial charge in [0, 0.05) is 53.4 Å². The van der Waals surface area contributed by atoms with Crippen molar-refractivity contribution < 1.29 is 24.5 Å². The average Bonchev–Trinajstić information content (AvgIpc) is 3.17. The number of benzene rings is 2. The van der Waals surface area contributed by atoms with E-state index in [1.54, 1.807) is 36.4 Å². The van der Waals surface area contributed by atoms with Gasteiger partial charge in [0.05, 0.1) is 25.0 Å². The standard InChI is InChI=1S/C46H74N4O5/c1-47(45(53)37-39-19-17-21-41(51)35-39)27-13-9-5-3-7-11-15-29-49-31-23-43(24-32-49)55-44-25-33-50(34-26-44)30-16-12-8-4-6-10-14-28-48(2)46(54)38-40-20-18-22-42(52)36-40/h17-22,35-36,43-44,51-52H,3-16,23-34,37-38H2,1-2H3. The first-order valence-electron chi connectivity index (χ1n) is 21.9. The summed E-state index contributed by atoms with van der Waals surface area (Å²) in [7, 11) is 3.77. The first-order chi connectivity index (χ1) is 26.7. The highest BCUT2D eigenvalue weighted by molar-refractivity contribution is 5.79. The van der Waals surface area contributed by atoms with Crippen LogP contribution in [0.4, 0.5) is 0 Å². The van der Waals surface area contributed by atoms with E-state index in [-0.39, 0.29) is 23.3 Å². The van der Waals surface area contributed by atoms with Crippen LogP contribution >= 0.6 is 0 Å². The van der Waals surface area contributed by atoms with E-state index in [1.807, 2.05) is 36.0 Å². The Labute approximate surface area is 333 Å². The van der Waals surface area contributed by atoms with Gasteiger partial charge in [0.25, 0.3) is 0 Å². The van der Waals surface area contributed by atoms with Crippen molar-refractivity contribution in [3.8, 4) is 11.5 Å². The molecule has 0 saturated carbocycles. The van der Waals surface area contributed by atoms with Crippen LogP contribution in [-0.2, 0) is 27.2 Å². The van der Waals surface area contributed by atoms with Crippen LogP contribution in [-0.4, -0.2) is 120 Å². The van der Waals surface area contributed by atoms with Crippen molar-refractivity contribution >= 4 is 11.8 Å². The van der Waals surface area contributed by atoms with Gasteiger partial charge in [-0.15, -0.1) is 0 Å². The average molecular weight is 763 g/mol. The van der Waals surface area contributed by atoms with Crippen LogP contribution in [0.1, 0.15) is 127 Å². The van der Waals surface area contributed by atoms with Gasteiger partial charge in [-0.05, 0) is 99.8 Å². The van der Waals surface area contributed by atoms with Crippen molar-refractivity contribution in [2.24, 2.45) is 0 Å². The van der Waals surface area contributed by atoms with Crippen molar-refractivity contribution in [2.45, 2.75) is 141 Å². The topological polar surface area (TPSA) is 96.8 Å². The molecular weight excluding hydrogens is 689 g/mol. The van der Waals surface area contributed by atoms with Gasteiger partial charge in [-0.25, -0.2) is 0 Å². The van der Waals surface area contributed by atoms with Crippen LogP contribution in [0, 0.1) is 0 Å². The van der Waals surface area contributed by atoms with Gasteiger partial charge in [-0.3, -0.25) is 9.59 Å². The summed E-state index contributed by atoms with van der Waals surface area (Å²) in [5, 5.41) is 19.2. The minimum Gasteiger partial charge on any atom is -0.508 e. The van der Waals surface area contributed by atoms with E-state index in [0.29, 0.717) is 25.0 Å². The molecule has 55 heavy (non-hydrogen) atoms. The Hall–Kier alpha value is -3.14. The van der Waals surface area contributed by atoms with Gasteiger partial charge in [-0.2, -0.15) is 0 Å². The first kappa shape index (κ1) is 44.6. The lowest BCUT2D eigenvalue weighted by Gasteiger charge is -2.37. The Bertz CT molecular complexity index is 1260. The number of aromatic hydroxyl groups is 2. The summed E-state index contributed by atoms with van der Waals surface area (Å²) >= 11 is 0. The van der Waals surface area contributed by atoms with Gasteiger partial charge in [0.1, 0.15) is 11.5 Å². The van der Waals surface area contributed by atoms with E-state index in [0.717, 1.165) is 37.1 Å². The van der Waals surface area contributed by atoms with E-state index in [4.69, 9.17) is 4.74 Å². The molecule has 2 heterocycles. The molecule has 0 spiro atoms. The summed E-state index contributed by atoms with van der Waals surface area (Å²) in [4.78, 5) is 33.9. The number of nitrogens with zero attached hydrogens (tertiary/aromatic N) is 4. The zero-order chi connectivity index (χ0) is 39.1. The normalized spacial score (nSPS) is 16.0. The van der Waals surface area contributed by atoms with Crippen molar-refractivity contribution in [2.75, 3.05) is 66.5 Å². The van der Waals surface area contributed by atoms with Crippen LogP contribution in [0.5, 0.6) is 11.5 Å². The largest absolute Gasteiger partial charge is 0.508 e. The number of amides is 2. The van der Waals surface area contributed by atoms with E-state index in [2.05, 4.69) is 9.80 Å². The molecule has 0 aliphatic carbocycles. The molecule has 9 nitrogen and oxygen atoms in total. The Morgan fingerprint density at radius 2 is 0.909 bits per heavy atom. The molecule has 0 bridgehead atoms. The Morgan fingerprint density at radius 3 is 1.27 bits per heavy atom. The number of likely N-dealkylation sites (N-methyl/N-ethyl adjacent to an activating group) is 2. The number of unbranched alkanes of at least 4 members (excludes halogenated alkanes) is 12. The second-order valence-electron chi connectivity index (χ2n) is 16.5. The number of hydrogen-bond acceptors (Lipinski definition) is 7. The molecule has 2 aromatic rings. The summed E-state index contributed by atoms with van der Waals surface area (Å²) in [6.45, 7) is 8.77. The second-order valence-corrected chi connectivity index (χ2v) is 16.5. The number of carbonyl (C=O) groups is 2. The number of likely N-dealkylation sites (tertiary alicyclic amines) is 2. The highest BCUT2D eigenvalue weighted by Gasteiger charge is 2.25. The lowest BCUT2D eigenvalue weighted by atomic mass is 10.0. The monoisotopic (exact) mass is 763 g/mol. The maximum absolute atomic E-state index is 12.5. The van der Waals surface area contributed by atoms with Crippen molar-refractivity contribution in [3.05, 3.63) is 59.7 Å². The number of hydrogen-bond donors (Lipinski definition) is 2. The number of ether oxygens (including phenoxy) is 1. The molecule has 2 aliphatic heterocycles. The molecule has 2 amide bonds. The summed E-state index contributed by atoms with van der Waals surface area (Å²) in [6.07, 6.45) is 23.6. The minimum absolute atomic E-state index is 0.112. The Kier molecular flexibility index (Phi) is 21.0. The quantitative estimate of drug-likeness (QED) is 0.0934. The summed E-state index contributed by atoms with van der Waals surface area (Å²) in [6, 6.07) is 13.9. The van der Waals surface area contributed by atoms with Crippen molar-refractivity contribution in [1.82, 2.24) is 19.6 Å². The van der Waals surface area contributed by atoms with E-state index in [9.17, 15) is 19.8 Å². The molecule has 2 fully saturated rings. The molecule has 9 heteroatoms. The molecule has 0 atom stereocenters. The van der Waals surface area contributed by atoms with E-state index in [1.165, 1.54) is 142 Å². The molecular formula is C46H74N4O5. The molecule has 2 saturated heterocycles. The molecule has 308 valence electrons. The fraction of sp³-hybridized carbons (Fsp3) is 0.696. The van der Waals surface area contributed by atoms with E-state index >= 15 is 0 Å². The minimum atomic E-state index is 0.112. The number of phenols is 2. The lowest BCUT2D eigenvalue weighted by Crippen LogP contribution is -2.42. The molecule has 2 aliphatic rings. The highest BCUT2D eigenvalue weighted by Crippen LogP contribution is 2.22. The van der Waals surface area contributed by atoms with Crippen LogP contribution < -0.4 is 0 Å². The number of rotatable bonds is 26. The second kappa shape index (κ2) is 25.9. The van der Waals surface area contributed by atoms with E-state index < -0.39 is 0 Å². The smallest absolute Gasteiger partial charge is 0.226 e. The third-order valence-electron chi connectivity index (χ3n) is 11.8. The predicted octanol–water partition coefficient (Wildman–Crippen LogP) is 8.21. The van der Waals surface area contributed by atoms with Crippen LogP contribution in [0.15, 0.2) is 48.5 Å². The first-order valence-corrected chi connectivity index (χ1v) is 21.9. The number of phenolic OH excluding ortho intramolecular Hbond substituents is 2. The summed E-state index contributed by atoms with van der Waals surface area (Å²) < 4.78 is 6.61. The fourth-order valence-electron chi connectivity index (χ4n) is 8.15. The molecule has 0 radical (unpaired) electrons.